The van der Waals surface area contributed by atoms with Gasteiger partial charge in [-0.1, -0.05) is 40.2 Å². The van der Waals surface area contributed by atoms with Gasteiger partial charge in [-0.15, -0.1) is 0 Å². The molecule has 0 bridgehead atoms. The molecule has 0 saturated heterocycles. The number of pyridine rings is 1. The average Bonchev–Trinajstić information content (AvgIpc) is 3.25. The number of rotatable bonds is 1. The number of H-pyrrole nitrogens is 1. The lowest BCUT2D eigenvalue weighted by atomic mass is 10.0. The van der Waals surface area contributed by atoms with E-state index in [2.05, 4.69) is 33.0 Å². The first kappa shape index (κ1) is 11.2. The Labute approximate surface area is 118 Å². The fraction of sp³-hybridized carbons (Fsp3) is 0.188. The second-order valence-electron chi connectivity index (χ2n) is 5.19. The van der Waals surface area contributed by atoms with Gasteiger partial charge in [0.15, 0.2) is 5.43 Å². The third kappa shape index (κ3) is 1.72. The molecule has 0 unspecified atom stereocenters. The molecule has 1 aromatic heterocycles. The van der Waals surface area contributed by atoms with Crippen LogP contribution >= 0.6 is 15.9 Å². The highest BCUT2D eigenvalue weighted by Crippen LogP contribution is 2.39. The number of benzene rings is 2. The van der Waals surface area contributed by atoms with Crippen LogP contribution in [0.15, 0.2) is 45.7 Å². The predicted octanol–water partition coefficient (Wildman–Crippen LogP) is 4.32. The van der Waals surface area contributed by atoms with E-state index in [0.717, 1.165) is 31.8 Å². The third-order valence-corrected chi connectivity index (χ3v) is 4.49. The number of hydrogen-bond acceptors (Lipinski definition) is 1. The van der Waals surface area contributed by atoms with Gasteiger partial charge >= 0.3 is 0 Å². The molecule has 3 aromatic rings. The summed E-state index contributed by atoms with van der Waals surface area (Å²) in [6, 6.07) is 11.8. The quantitative estimate of drug-likeness (QED) is 0.667. The van der Waals surface area contributed by atoms with Crippen molar-refractivity contribution in [1.82, 2.24) is 4.98 Å². The Morgan fingerprint density at radius 2 is 1.79 bits per heavy atom. The van der Waals surface area contributed by atoms with Gasteiger partial charge in [0.1, 0.15) is 0 Å². The van der Waals surface area contributed by atoms with Crippen molar-refractivity contribution in [3.63, 3.8) is 0 Å². The summed E-state index contributed by atoms with van der Waals surface area (Å²) in [5, 5.41) is 3.00. The zero-order valence-corrected chi connectivity index (χ0v) is 11.8. The molecule has 1 heterocycles. The van der Waals surface area contributed by atoms with Crippen molar-refractivity contribution in [1.29, 1.82) is 0 Å². The molecule has 1 fully saturated rings. The molecule has 4 rings (SSSR count). The summed E-state index contributed by atoms with van der Waals surface area (Å²) >= 11 is 3.56. The highest BCUT2D eigenvalue weighted by molar-refractivity contribution is 9.10. The molecule has 0 aliphatic heterocycles. The maximum absolute atomic E-state index is 12.3. The van der Waals surface area contributed by atoms with Crippen LogP contribution in [0.5, 0.6) is 0 Å². The van der Waals surface area contributed by atoms with E-state index >= 15 is 0 Å². The number of fused-ring (bicyclic) bond motifs is 3. The third-order valence-electron chi connectivity index (χ3n) is 3.83. The lowest BCUT2D eigenvalue weighted by Crippen LogP contribution is -2.05. The van der Waals surface area contributed by atoms with E-state index in [4.69, 9.17) is 0 Å². The Hall–Kier alpha value is -1.61. The van der Waals surface area contributed by atoms with Gasteiger partial charge in [-0.3, -0.25) is 4.79 Å². The molecule has 94 valence electrons. The van der Waals surface area contributed by atoms with Gasteiger partial charge in [0.2, 0.25) is 0 Å². The number of halogens is 1. The van der Waals surface area contributed by atoms with E-state index in [1.807, 2.05) is 18.2 Å². The molecule has 3 heteroatoms. The minimum Gasteiger partial charge on any atom is -0.357 e. The maximum atomic E-state index is 12.3. The number of hydrogen-bond donors (Lipinski definition) is 1. The van der Waals surface area contributed by atoms with Crippen LogP contribution in [0.2, 0.25) is 0 Å². The van der Waals surface area contributed by atoms with Crippen molar-refractivity contribution < 1.29 is 0 Å². The average molecular weight is 314 g/mol. The molecule has 0 amide bonds. The number of nitrogens with one attached hydrogen (secondary N) is 1. The lowest BCUT2D eigenvalue weighted by Gasteiger charge is -2.08. The summed E-state index contributed by atoms with van der Waals surface area (Å²) in [7, 11) is 0. The molecule has 1 aliphatic rings. The number of aromatic nitrogens is 1. The first-order valence-corrected chi connectivity index (χ1v) is 7.27. The molecular weight excluding hydrogens is 302 g/mol. The van der Waals surface area contributed by atoms with Crippen molar-refractivity contribution in [2.24, 2.45) is 0 Å². The largest absolute Gasteiger partial charge is 0.357 e. The Balaban J connectivity index is 2.21. The first-order valence-electron chi connectivity index (χ1n) is 6.48. The molecule has 1 saturated carbocycles. The summed E-state index contributed by atoms with van der Waals surface area (Å²) < 4.78 is 0.972. The molecule has 0 atom stereocenters. The minimum atomic E-state index is 0.113. The molecule has 1 aliphatic carbocycles. The molecule has 0 spiro atoms. The molecule has 2 nitrogen and oxygen atoms in total. The van der Waals surface area contributed by atoms with E-state index in [9.17, 15) is 4.79 Å². The summed E-state index contributed by atoms with van der Waals surface area (Å²) in [4.78, 5) is 15.8. The van der Waals surface area contributed by atoms with Crippen molar-refractivity contribution in [2.45, 2.75) is 18.8 Å². The van der Waals surface area contributed by atoms with Crippen molar-refractivity contribution >= 4 is 37.6 Å². The van der Waals surface area contributed by atoms with Crippen molar-refractivity contribution in [2.75, 3.05) is 0 Å². The molecule has 0 radical (unpaired) electrons. The van der Waals surface area contributed by atoms with Gasteiger partial charge in [0.25, 0.3) is 0 Å². The normalized spacial score (nSPS) is 15.2. The minimum absolute atomic E-state index is 0.113. The smallest absolute Gasteiger partial charge is 0.189 e. The standard InChI is InChI=1S/C16H12BrNO/c17-13-7-12-15(19)8-14(9-5-6-9)18-16(12)11-4-2-1-3-10(11)13/h1-4,7-9H,5-6H2,(H,18,19). The molecule has 1 N–H and O–H groups in total. The van der Waals surface area contributed by atoms with Crippen LogP contribution in [-0.4, -0.2) is 4.98 Å². The van der Waals surface area contributed by atoms with E-state index in [0.29, 0.717) is 5.92 Å². The van der Waals surface area contributed by atoms with Crippen LogP contribution in [0.25, 0.3) is 21.7 Å². The van der Waals surface area contributed by atoms with Gasteiger partial charge in [-0.25, -0.2) is 0 Å². The Bertz CT molecular complexity index is 862. The summed E-state index contributed by atoms with van der Waals surface area (Å²) in [6.07, 6.45) is 2.38. The Morgan fingerprint density at radius 3 is 2.53 bits per heavy atom. The van der Waals surface area contributed by atoms with Gasteiger partial charge in [0.05, 0.1) is 5.52 Å². The first-order chi connectivity index (χ1) is 9.24. The fourth-order valence-electron chi connectivity index (χ4n) is 2.67. The van der Waals surface area contributed by atoms with Crippen LogP contribution in [0, 0.1) is 0 Å². The van der Waals surface area contributed by atoms with Gasteiger partial charge < -0.3 is 4.98 Å². The zero-order chi connectivity index (χ0) is 13.0. The van der Waals surface area contributed by atoms with E-state index in [1.54, 1.807) is 6.07 Å². The summed E-state index contributed by atoms with van der Waals surface area (Å²) in [5.74, 6) is 0.555. The molecule has 19 heavy (non-hydrogen) atoms. The van der Waals surface area contributed by atoms with Crippen LogP contribution in [-0.2, 0) is 0 Å². The van der Waals surface area contributed by atoms with Gasteiger partial charge in [0, 0.05) is 27.0 Å². The predicted molar refractivity (Wildman–Crippen MR) is 81.7 cm³/mol. The van der Waals surface area contributed by atoms with Crippen LogP contribution in [0.4, 0.5) is 0 Å². The lowest BCUT2D eigenvalue weighted by molar-refractivity contribution is 1.04. The van der Waals surface area contributed by atoms with E-state index in [-0.39, 0.29) is 5.43 Å². The molecule has 2 aromatic carbocycles. The fourth-order valence-corrected chi connectivity index (χ4v) is 3.25. The summed E-state index contributed by atoms with van der Waals surface area (Å²) in [5.41, 5.74) is 2.17. The number of aromatic amines is 1. The SMILES string of the molecule is O=c1cc(C2CC2)[nH]c2c1cc(Br)c1ccccc12. The van der Waals surface area contributed by atoms with Gasteiger partial charge in [-0.2, -0.15) is 0 Å². The van der Waals surface area contributed by atoms with Crippen LogP contribution in [0.1, 0.15) is 24.5 Å². The van der Waals surface area contributed by atoms with Gasteiger partial charge in [-0.05, 0) is 30.2 Å². The second-order valence-corrected chi connectivity index (χ2v) is 6.04. The highest BCUT2D eigenvalue weighted by atomic mass is 79.9. The Morgan fingerprint density at radius 1 is 1.05 bits per heavy atom. The van der Waals surface area contributed by atoms with E-state index < -0.39 is 0 Å². The van der Waals surface area contributed by atoms with Crippen LogP contribution in [0.3, 0.4) is 0 Å². The van der Waals surface area contributed by atoms with Crippen molar-refractivity contribution in [3.05, 3.63) is 56.8 Å². The molecular formula is C16H12BrNO. The van der Waals surface area contributed by atoms with Crippen molar-refractivity contribution in [3.8, 4) is 0 Å². The van der Waals surface area contributed by atoms with E-state index in [1.165, 1.54) is 12.8 Å². The maximum Gasteiger partial charge on any atom is 0.189 e. The van der Waals surface area contributed by atoms with Crippen LogP contribution < -0.4 is 5.43 Å². The Kier molecular flexibility index (Phi) is 2.33. The zero-order valence-electron chi connectivity index (χ0n) is 10.2. The highest BCUT2D eigenvalue weighted by Gasteiger charge is 2.25. The monoisotopic (exact) mass is 313 g/mol. The summed E-state index contributed by atoms with van der Waals surface area (Å²) in [6.45, 7) is 0. The second kappa shape index (κ2) is 3.94. The topological polar surface area (TPSA) is 32.9 Å².